The van der Waals surface area contributed by atoms with Crippen LogP contribution in [0.5, 0.6) is 23.0 Å². The zero-order chi connectivity index (χ0) is 65.8. The second-order valence-electron chi connectivity index (χ2n) is 28.5. The minimum Gasteiger partial charge on any atom is -0.508 e. The first-order chi connectivity index (χ1) is 45.5. The SMILES string of the molecule is CCCC1C2CC(CC3=CCNC(=C3)Nc3ccc4ccc(c(O)c4c3)CC(O)CNCC(C)c3c[nH]c(c3)C3(CCCCC3)C1O)CC1C#CC(c3ccccc3C3C=CC(Cc4cccc(O)c4CO)C(C)C3)c3cc(O)c(OC)cc3CCC(=O)C(O)C(=O)C1C2. The van der Waals surface area contributed by atoms with Crippen LogP contribution in [0, 0.1) is 53.3 Å². The molecule has 2 aliphatic heterocycles. The maximum absolute atomic E-state index is 15.7. The number of H-pyrrole nitrogens is 1. The fourth-order valence-electron chi connectivity index (χ4n) is 17.2. The molecule has 2 saturated carbocycles. The van der Waals surface area contributed by atoms with E-state index in [1.54, 1.807) is 18.2 Å². The Morgan fingerprint density at radius 1 is 0.777 bits per heavy atom. The number of ether oxygens (including phenoxy) is 1. The number of rotatable bonds is 8. The maximum atomic E-state index is 15.7. The summed E-state index contributed by atoms with van der Waals surface area (Å²) in [5.74, 6) is 5.52. The number of nitrogens with one attached hydrogen (secondary N) is 4. The normalized spacial score (nSPS) is 28.5. The van der Waals surface area contributed by atoms with Gasteiger partial charge in [-0.15, -0.1) is 0 Å². The lowest BCUT2D eigenvalue weighted by molar-refractivity contribution is -0.142. The number of aromatic hydroxyl groups is 3. The van der Waals surface area contributed by atoms with E-state index in [0.29, 0.717) is 85.8 Å². The van der Waals surface area contributed by atoms with Gasteiger partial charge in [0, 0.05) is 84.2 Å². The number of anilines is 1. The predicted octanol–water partition coefficient (Wildman–Crippen LogP) is 12.7. The van der Waals surface area contributed by atoms with Gasteiger partial charge < -0.3 is 61.4 Å². The quantitative estimate of drug-likeness (QED) is 0.0387. The van der Waals surface area contributed by atoms with Gasteiger partial charge in [-0.3, -0.25) is 9.59 Å². The summed E-state index contributed by atoms with van der Waals surface area (Å²) in [6.07, 6.45) is 17.5. The fraction of sp³-hybridized carbons (Fsp3) is 0.475. The summed E-state index contributed by atoms with van der Waals surface area (Å²) >= 11 is 0. The number of phenols is 3. The molecule has 6 aliphatic rings. The van der Waals surface area contributed by atoms with Crippen molar-refractivity contribution in [2.45, 2.75) is 172 Å². The Morgan fingerprint density at radius 2 is 1.59 bits per heavy atom. The number of hydrogen-bond acceptors (Lipinski definition) is 13. The molecule has 14 nitrogen and oxygen atoms in total. The first-order valence-electron chi connectivity index (χ1n) is 34.8. The van der Waals surface area contributed by atoms with Gasteiger partial charge in [0.25, 0.3) is 0 Å². The monoisotopic (exact) mass is 1270 g/mol. The van der Waals surface area contributed by atoms with E-state index in [1.165, 1.54) is 7.11 Å². The summed E-state index contributed by atoms with van der Waals surface area (Å²) in [4.78, 5) is 34.1. The number of hydrogen-bond donors (Lipinski definition) is 11. The number of aromatic amines is 1. The highest BCUT2D eigenvalue weighted by atomic mass is 16.5. The zero-order valence-electron chi connectivity index (χ0n) is 55.0. The second-order valence-corrected chi connectivity index (χ2v) is 28.5. The molecular formula is C80H96N4O10. The number of carbonyl (C=O) groups excluding carboxylic acids is 2. The molecule has 0 amide bonds. The number of fused-ring (bicyclic) bond motifs is 10. The third kappa shape index (κ3) is 14.0. The summed E-state index contributed by atoms with van der Waals surface area (Å²) in [6, 6.07) is 29.3. The topological polar surface area (TPSA) is 237 Å². The third-order valence-electron chi connectivity index (χ3n) is 22.4. The van der Waals surface area contributed by atoms with Gasteiger partial charge in [-0.05, 0) is 192 Å². The summed E-state index contributed by atoms with van der Waals surface area (Å²) in [5.41, 5.74) is 8.97. The molecular weight excluding hydrogens is 1180 g/mol. The minimum absolute atomic E-state index is 0.0225. The standard InChI is InChI=1S/C80H96N4O10/c1-5-12-63-58-34-50(32-49-27-30-82-75(35-49)84-60-24-21-51-17-20-57(76(90)68(51)41-60)37-61(86)45-81-43-48(3)59-40-74(83-44-59)80(79(63)93)28-9-6-10-29-80)33-55-22-25-65(66-42-72(89)73(94-4)39-56(66)23-26-71(88)78(92)77(91)67(55)38-58)64-15-8-7-14-62(64)54-19-18-52(47(2)31-54)36-53-13-11-16-70(87)69(53)46-85/h7-8,11,13-21,24,27,35,39-42,44,47-48,50,52,54-55,58,61,63,65,67,78-79,81-87,89-90,92-93H,5-6,9-10,12,23,26,28-34,36-38,43,45-46H2,1-4H3. The lowest BCUT2D eigenvalue weighted by Gasteiger charge is -2.46. The first-order valence-corrected chi connectivity index (χ1v) is 34.8. The van der Waals surface area contributed by atoms with Crippen LogP contribution < -0.4 is 20.7 Å². The highest BCUT2D eigenvalue weighted by Gasteiger charge is 2.50. The summed E-state index contributed by atoms with van der Waals surface area (Å²) in [7, 11) is 1.49. The Bertz CT molecular complexity index is 3880. The van der Waals surface area contributed by atoms with Gasteiger partial charge in [0.1, 0.15) is 17.3 Å². The number of methoxy groups -OCH3 is 1. The molecule has 5 aromatic carbocycles. The highest BCUT2D eigenvalue weighted by molar-refractivity contribution is 6.06. The van der Waals surface area contributed by atoms with Crippen LogP contribution >= 0.6 is 0 Å². The van der Waals surface area contributed by atoms with Crippen LogP contribution in [0.1, 0.15) is 172 Å². The van der Waals surface area contributed by atoms with Crippen LogP contribution in [0.4, 0.5) is 5.69 Å². The smallest absolute Gasteiger partial charge is 0.173 e. The van der Waals surface area contributed by atoms with Crippen molar-refractivity contribution in [2.24, 2.45) is 41.4 Å². The van der Waals surface area contributed by atoms with Crippen molar-refractivity contribution in [2.75, 3.05) is 32.1 Å². The van der Waals surface area contributed by atoms with Crippen molar-refractivity contribution in [1.29, 1.82) is 0 Å². The van der Waals surface area contributed by atoms with E-state index in [4.69, 9.17) is 4.74 Å². The molecule has 14 heteroatoms. The largest absolute Gasteiger partial charge is 0.508 e. The van der Waals surface area contributed by atoms with E-state index in [-0.39, 0.29) is 90.3 Å². The predicted molar refractivity (Wildman–Crippen MR) is 369 cm³/mol. The zero-order valence-corrected chi connectivity index (χ0v) is 55.0. The number of β-amino-alcohol motifs (C(OH)–C–C–N with tert-alkyl or cyclic N) is 1. The first kappa shape index (κ1) is 66.4. The Hall–Kier alpha value is -7.64. The number of carbonyl (C=O) groups is 2. The molecule has 496 valence electrons. The number of Topliss-reactive ketones (excluding diaryl/α,β-unsaturated/α-hetero) is 2. The van der Waals surface area contributed by atoms with Gasteiger partial charge in [-0.25, -0.2) is 0 Å². The molecule has 3 heterocycles. The summed E-state index contributed by atoms with van der Waals surface area (Å²) < 4.78 is 5.71. The van der Waals surface area contributed by atoms with E-state index >= 15 is 4.79 Å². The molecule has 6 aromatic rings. The van der Waals surface area contributed by atoms with Crippen molar-refractivity contribution in [3.05, 3.63) is 183 Å². The van der Waals surface area contributed by atoms with Crippen LogP contribution in [-0.4, -0.2) is 97.4 Å². The van der Waals surface area contributed by atoms with Crippen molar-refractivity contribution in [1.82, 2.24) is 15.6 Å². The Kier molecular flexibility index (Phi) is 20.6. The molecule has 9 bridgehead atoms. The molecule has 0 radical (unpaired) electrons. The third-order valence-corrected chi connectivity index (χ3v) is 22.4. The van der Waals surface area contributed by atoms with E-state index in [9.17, 15) is 40.5 Å². The number of benzene rings is 5. The maximum Gasteiger partial charge on any atom is 0.173 e. The van der Waals surface area contributed by atoms with Gasteiger partial charge in [0.05, 0.1) is 31.8 Å². The lowest BCUT2D eigenvalue weighted by atomic mass is 9.61. The van der Waals surface area contributed by atoms with Crippen LogP contribution in [0.3, 0.4) is 0 Å². The van der Waals surface area contributed by atoms with E-state index in [0.717, 1.165) is 95.4 Å². The van der Waals surface area contributed by atoms with Crippen LogP contribution in [-0.2, 0) is 40.9 Å². The molecule has 1 aromatic heterocycles. The fourth-order valence-corrected chi connectivity index (χ4v) is 17.2. The number of aromatic nitrogens is 1. The summed E-state index contributed by atoms with van der Waals surface area (Å²) in [5, 5.41) is 94.0. The number of ketones is 2. The lowest BCUT2D eigenvalue weighted by Crippen LogP contribution is -2.48. The van der Waals surface area contributed by atoms with E-state index < -0.39 is 53.0 Å². The average Bonchev–Trinajstić information content (AvgIpc) is 1.36. The van der Waals surface area contributed by atoms with Gasteiger partial charge in [0.15, 0.2) is 29.2 Å². The number of dihydropyridines is 1. The molecule has 13 atom stereocenters. The summed E-state index contributed by atoms with van der Waals surface area (Å²) in [6.45, 7) is 7.82. The van der Waals surface area contributed by atoms with E-state index in [1.807, 2.05) is 48.5 Å². The number of allylic oxidation sites excluding steroid dienone is 4. The Morgan fingerprint density at radius 3 is 2.37 bits per heavy atom. The van der Waals surface area contributed by atoms with Crippen LogP contribution in [0.2, 0.25) is 0 Å². The average molecular weight is 1270 g/mol. The van der Waals surface area contributed by atoms with Crippen molar-refractivity contribution in [3.8, 4) is 34.8 Å². The van der Waals surface area contributed by atoms with Crippen molar-refractivity contribution >= 4 is 28.0 Å². The number of phenolic OH excluding ortho intramolecular Hbond substituents is 2. The van der Waals surface area contributed by atoms with Crippen LogP contribution in [0.25, 0.3) is 10.8 Å². The molecule has 2 fully saturated rings. The van der Waals surface area contributed by atoms with Gasteiger partial charge >= 0.3 is 0 Å². The number of aliphatic hydroxyl groups excluding tert-OH is 4. The minimum atomic E-state index is -1.89. The highest BCUT2D eigenvalue weighted by Crippen LogP contribution is 2.52. The molecule has 1 spiro atoms. The van der Waals surface area contributed by atoms with Crippen molar-refractivity contribution < 1.29 is 50.1 Å². The molecule has 94 heavy (non-hydrogen) atoms. The van der Waals surface area contributed by atoms with Crippen LogP contribution in [0.15, 0.2) is 133 Å². The number of aliphatic hydroxyl groups is 4. The molecule has 0 saturated heterocycles. The molecule has 11 N–H and O–H groups in total. The second kappa shape index (κ2) is 29.1. The number of aryl methyl sites for hydroxylation is 1. The van der Waals surface area contributed by atoms with Gasteiger partial charge in [-0.2, -0.15) is 0 Å². The Balaban J connectivity index is 0.981. The molecule has 12 rings (SSSR count). The van der Waals surface area contributed by atoms with E-state index in [2.05, 4.69) is 108 Å². The van der Waals surface area contributed by atoms with Gasteiger partial charge in [0.2, 0.25) is 0 Å². The van der Waals surface area contributed by atoms with Crippen molar-refractivity contribution in [3.63, 3.8) is 0 Å². The van der Waals surface area contributed by atoms with Gasteiger partial charge in [-0.1, -0.05) is 131 Å². The molecule has 13 unspecified atom stereocenters. The Labute approximate surface area is 554 Å². The molecule has 4 aliphatic carbocycles.